The molecule has 110 valence electrons. The van der Waals surface area contributed by atoms with Gasteiger partial charge in [-0.1, -0.05) is 6.42 Å². The molecule has 0 radical (unpaired) electrons. The summed E-state index contributed by atoms with van der Waals surface area (Å²) in [5.41, 5.74) is 4.46. The van der Waals surface area contributed by atoms with Crippen LogP contribution in [-0.2, 0) is 0 Å². The Morgan fingerprint density at radius 2 is 2.35 bits per heavy atom. The number of nitrogens with one attached hydrogen (secondary N) is 2. The molecule has 1 atom stereocenters. The van der Waals surface area contributed by atoms with Crippen molar-refractivity contribution in [1.29, 1.82) is 0 Å². The summed E-state index contributed by atoms with van der Waals surface area (Å²) in [6.07, 6.45) is 5.16. The Balaban J connectivity index is 1.98. The first kappa shape index (κ1) is 14.7. The second kappa shape index (κ2) is 6.67. The highest BCUT2D eigenvalue weighted by molar-refractivity contribution is 5.99. The van der Waals surface area contributed by atoms with Crippen molar-refractivity contribution in [3.63, 3.8) is 0 Å². The predicted molar refractivity (Wildman–Crippen MR) is 79.4 cm³/mol. The lowest BCUT2D eigenvalue weighted by Gasteiger charge is -2.32. The number of likely N-dealkylation sites (N-methyl/N-ethyl adjacent to an activating group) is 1. The van der Waals surface area contributed by atoms with E-state index >= 15 is 0 Å². The summed E-state index contributed by atoms with van der Waals surface area (Å²) in [6.45, 7) is 3.62. The zero-order valence-electron chi connectivity index (χ0n) is 12.1. The monoisotopic (exact) mass is 277 g/mol. The summed E-state index contributed by atoms with van der Waals surface area (Å²) >= 11 is 0. The third kappa shape index (κ3) is 3.46. The number of likely N-dealkylation sites (tertiary alicyclic amines) is 1. The number of carbonyl (C=O) groups excluding carboxylic acids is 1. The number of nitrogen functional groups attached to an aromatic ring is 1. The molecule has 1 unspecified atom stereocenters. The van der Waals surface area contributed by atoms with E-state index in [2.05, 4.69) is 27.7 Å². The normalized spacial score (nSPS) is 19.6. The Kier molecular flexibility index (Phi) is 4.92. The van der Waals surface area contributed by atoms with Gasteiger partial charge in [0.2, 0.25) is 0 Å². The van der Waals surface area contributed by atoms with E-state index < -0.39 is 0 Å². The molecule has 1 fully saturated rings. The van der Waals surface area contributed by atoms with E-state index in [1.165, 1.54) is 12.8 Å². The molecule has 0 saturated carbocycles. The third-order valence-electron chi connectivity index (χ3n) is 3.86. The summed E-state index contributed by atoms with van der Waals surface area (Å²) in [7, 11) is 2.11. The highest BCUT2D eigenvalue weighted by atomic mass is 16.1. The summed E-state index contributed by atoms with van der Waals surface area (Å²) in [5, 5.41) is 2.98. The number of hydrogen-bond donors (Lipinski definition) is 3. The number of carbonyl (C=O) groups is 1. The van der Waals surface area contributed by atoms with Gasteiger partial charge >= 0.3 is 0 Å². The molecule has 2 rings (SSSR count). The van der Waals surface area contributed by atoms with Crippen molar-refractivity contribution in [2.24, 2.45) is 5.84 Å². The smallest absolute Gasteiger partial charge is 0.255 e. The van der Waals surface area contributed by atoms with Crippen molar-refractivity contribution in [3.05, 3.63) is 23.5 Å². The zero-order chi connectivity index (χ0) is 14.5. The minimum Gasteiger partial charge on any atom is -0.350 e. The number of nitrogens with two attached hydrogens (primary N) is 1. The summed E-state index contributed by atoms with van der Waals surface area (Å²) in [5.74, 6) is 5.32. The molecule has 4 N–H and O–H groups in total. The number of anilines is 1. The standard InChI is InChI=1S/C14H23N5O/c1-10-7-13(18-15)12(9-16-10)14(20)17-8-11-5-3-4-6-19(11)2/h7,9,11H,3-6,8,15H2,1-2H3,(H,16,18)(H,17,20). The van der Waals surface area contributed by atoms with Gasteiger partial charge in [0.15, 0.2) is 0 Å². The van der Waals surface area contributed by atoms with Crippen LogP contribution in [0.3, 0.4) is 0 Å². The fourth-order valence-electron chi connectivity index (χ4n) is 2.57. The van der Waals surface area contributed by atoms with Crippen LogP contribution in [0.1, 0.15) is 35.3 Å². The zero-order valence-corrected chi connectivity index (χ0v) is 12.1. The predicted octanol–water partition coefficient (Wildman–Crippen LogP) is 0.890. The number of aromatic nitrogens is 1. The van der Waals surface area contributed by atoms with E-state index in [9.17, 15) is 4.79 Å². The van der Waals surface area contributed by atoms with Gasteiger partial charge in [-0.15, -0.1) is 0 Å². The van der Waals surface area contributed by atoms with Gasteiger partial charge in [0.25, 0.3) is 5.91 Å². The van der Waals surface area contributed by atoms with E-state index in [1.54, 1.807) is 12.3 Å². The molecule has 20 heavy (non-hydrogen) atoms. The first-order valence-corrected chi connectivity index (χ1v) is 7.03. The van der Waals surface area contributed by atoms with E-state index in [4.69, 9.17) is 5.84 Å². The van der Waals surface area contributed by atoms with E-state index in [1.807, 2.05) is 6.92 Å². The van der Waals surface area contributed by atoms with Gasteiger partial charge in [-0.2, -0.15) is 0 Å². The van der Waals surface area contributed by atoms with Gasteiger partial charge < -0.3 is 15.6 Å². The second-order valence-electron chi connectivity index (χ2n) is 5.36. The first-order valence-electron chi connectivity index (χ1n) is 7.03. The number of aryl methyl sites for hydroxylation is 1. The number of pyridine rings is 1. The molecule has 1 amide bonds. The molecule has 0 aliphatic carbocycles. The molecule has 1 saturated heterocycles. The van der Waals surface area contributed by atoms with Gasteiger partial charge in [0.05, 0.1) is 11.3 Å². The number of hydrogen-bond acceptors (Lipinski definition) is 5. The van der Waals surface area contributed by atoms with Crippen molar-refractivity contribution in [2.75, 3.05) is 25.6 Å². The molecule has 1 aliphatic heterocycles. The molecule has 1 aromatic rings. The highest BCUT2D eigenvalue weighted by Gasteiger charge is 2.20. The van der Waals surface area contributed by atoms with Crippen LogP contribution in [0.15, 0.2) is 12.3 Å². The van der Waals surface area contributed by atoms with Gasteiger partial charge in [-0.3, -0.25) is 15.6 Å². The van der Waals surface area contributed by atoms with Crippen LogP contribution in [0.4, 0.5) is 5.69 Å². The van der Waals surface area contributed by atoms with Crippen LogP contribution < -0.4 is 16.6 Å². The fraction of sp³-hybridized carbons (Fsp3) is 0.571. The molecular formula is C14H23N5O. The Labute approximate surface area is 119 Å². The number of rotatable bonds is 4. The number of hydrazine groups is 1. The van der Waals surface area contributed by atoms with Gasteiger partial charge in [-0.05, 0) is 39.4 Å². The van der Waals surface area contributed by atoms with Gasteiger partial charge in [0, 0.05) is 24.5 Å². The Bertz CT molecular complexity index is 477. The summed E-state index contributed by atoms with van der Waals surface area (Å²) < 4.78 is 0. The second-order valence-corrected chi connectivity index (χ2v) is 5.36. The van der Waals surface area contributed by atoms with E-state index in [-0.39, 0.29) is 5.91 Å². The van der Waals surface area contributed by atoms with E-state index in [0.29, 0.717) is 23.8 Å². The SMILES string of the molecule is Cc1cc(NN)c(C(=O)NCC2CCCCN2C)cn1. The van der Waals surface area contributed by atoms with Gasteiger partial charge in [0.1, 0.15) is 0 Å². The van der Waals surface area contributed by atoms with Crippen molar-refractivity contribution in [3.8, 4) is 0 Å². The van der Waals surface area contributed by atoms with Gasteiger partial charge in [-0.25, -0.2) is 0 Å². The lowest BCUT2D eigenvalue weighted by atomic mass is 10.0. The lowest BCUT2D eigenvalue weighted by Crippen LogP contribution is -2.44. The Morgan fingerprint density at radius 1 is 1.55 bits per heavy atom. The van der Waals surface area contributed by atoms with E-state index in [0.717, 1.165) is 18.7 Å². The fourth-order valence-corrected chi connectivity index (χ4v) is 2.57. The minimum absolute atomic E-state index is 0.135. The van der Waals surface area contributed by atoms with Crippen LogP contribution in [0.5, 0.6) is 0 Å². The Morgan fingerprint density at radius 3 is 3.05 bits per heavy atom. The molecule has 1 aliphatic rings. The molecule has 0 aromatic carbocycles. The van der Waals surface area contributed by atoms with Crippen molar-refractivity contribution in [2.45, 2.75) is 32.2 Å². The maximum absolute atomic E-state index is 12.2. The minimum atomic E-state index is -0.135. The quantitative estimate of drug-likeness (QED) is 0.562. The van der Waals surface area contributed by atoms with Crippen LogP contribution >= 0.6 is 0 Å². The van der Waals surface area contributed by atoms with Crippen LogP contribution in [0.25, 0.3) is 0 Å². The molecule has 1 aromatic heterocycles. The molecular weight excluding hydrogens is 254 g/mol. The molecule has 6 nitrogen and oxygen atoms in total. The highest BCUT2D eigenvalue weighted by Crippen LogP contribution is 2.16. The third-order valence-corrected chi connectivity index (χ3v) is 3.86. The van der Waals surface area contributed by atoms with Crippen LogP contribution in [0.2, 0.25) is 0 Å². The molecule has 6 heteroatoms. The lowest BCUT2D eigenvalue weighted by molar-refractivity contribution is 0.0929. The van der Waals surface area contributed by atoms with Crippen molar-refractivity contribution in [1.82, 2.24) is 15.2 Å². The van der Waals surface area contributed by atoms with Crippen LogP contribution in [-0.4, -0.2) is 42.0 Å². The molecule has 0 spiro atoms. The Hall–Kier alpha value is -1.66. The molecule has 2 heterocycles. The van der Waals surface area contributed by atoms with Crippen molar-refractivity contribution < 1.29 is 4.79 Å². The topological polar surface area (TPSA) is 83.3 Å². The van der Waals surface area contributed by atoms with Crippen LogP contribution in [0, 0.1) is 6.92 Å². The van der Waals surface area contributed by atoms with Crippen molar-refractivity contribution >= 4 is 11.6 Å². The molecule has 0 bridgehead atoms. The maximum Gasteiger partial charge on any atom is 0.255 e. The average Bonchev–Trinajstić information content (AvgIpc) is 2.46. The first-order chi connectivity index (χ1) is 9.61. The number of nitrogens with zero attached hydrogens (tertiary/aromatic N) is 2. The number of piperidine rings is 1. The largest absolute Gasteiger partial charge is 0.350 e. The summed E-state index contributed by atoms with van der Waals surface area (Å²) in [4.78, 5) is 18.7. The average molecular weight is 277 g/mol. The summed E-state index contributed by atoms with van der Waals surface area (Å²) in [6, 6.07) is 2.18. The maximum atomic E-state index is 12.2. The number of amides is 1.